The molecule has 100 valence electrons. The minimum Gasteiger partial charge on any atom is -0.457 e. The Bertz CT molecular complexity index is 649. The first-order valence-electron chi connectivity index (χ1n) is 5.44. The monoisotopic (exact) mass is 295 g/mol. The summed E-state index contributed by atoms with van der Waals surface area (Å²) in [4.78, 5) is 1.22. The van der Waals surface area contributed by atoms with Crippen molar-refractivity contribution in [2.24, 2.45) is 5.14 Å². The number of sulfonamides is 1. The van der Waals surface area contributed by atoms with E-state index in [1.165, 1.54) is 12.1 Å². The maximum absolute atomic E-state index is 11.1. The molecular weight excluding hydrogens is 282 g/mol. The van der Waals surface area contributed by atoms with Gasteiger partial charge in [0.2, 0.25) is 10.0 Å². The van der Waals surface area contributed by atoms with Gasteiger partial charge in [-0.25, -0.2) is 13.6 Å². The predicted molar refractivity (Wildman–Crippen MR) is 76.1 cm³/mol. The van der Waals surface area contributed by atoms with E-state index in [0.717, 1.165) is 4.90 Å². The molecule has 0 saturated heterocycles. The first kappa shape index (κ1) is 13.9. The van der Waals surface area contributed by atoms with E-state index >= 15 is 0 Å². The van der Waals surface area contributed by atoms with E-state index in [1.807, 2.05) is 30.5 Å². The van der Waals surface area contributed by atoms with E-state index in [1.54, 1.807) is 23.9 Å². The van der Waals surface area contributed by atoms with Crippen LogP contribution in [0, 0.1) is 0 Å². The molecule has 0 fully saturated rings. The first-order chi connectivity index (χ1) is 8.99. The second kappa shape index (κ2) is 5.64. The summed E-state index contributed by atoms with van der Waals surface area (Å²) in [6, 6.07) is 13.6. The van der Waals surface area contributed by atoms with E-state index in [0.29, 0.717) is 11.5 Å². The van der Waals surface area contributed by atoms with Crippen LogP contribution in [-0.2, 0) is 10.0 Å². The molecule has 0 aliphatic rings. The Morgan fingerprint density at radius 3 is 1.84 bits per heavy atom. The molecule has 4 nitrogen and oxygen atoms in total. The number of ether oxygens (including phenoxy) is 1. The first-order valence-corrected chi connectivity index (χ1v) is 8.21. The Morgan fingerprint density at radius 2 is 1.42 bits per heavy atom. The fourth-order valence-corrected chi connectivity index (χ4v) is 2.40. The van der Waals surface area contributed by atoms with E-state index in [-0.39, 0.29) is 4.90 Å². The van der Waals surface area contributed by atoms with E-state index < -0.39 is 10.0 Å². The Kier molecular flexibility index (Phi) is 4.14. The molecule has 0 spiro atoms. The van der Waals surface area contributed by atoms with Crippen LogP contribution in [0.3, 0.4) is 0 Å². The average Bonchev–Trinajstić information content (AvgIpc) is 2.39. The van der Waals surface area contributed by atoms with Crippen LogP contribution in [0.2, 0.25) is 0 Å². The minimum absolute atomic E-state index is 0.0672. The van der Waals surface area contributed by atoms with Gasteiger partial charge in [0.25, 0.3) is 0 Å². The van der Waals surface area contributed by atoms with Crippen molar-refractivity contribution in [3.05, 3.63) is 48.5 Å². The Balaban J connectivity index is 2.15. The fourth-order valence-electron chi connectivity index (χ4n) is 1.48. The van der Waals surface area contributed by atoms with Gasteiger partial charge in [0, 0.05) is 4.90 Å². The molecule has 0 aromatic heterocycles. The minimum atomic E-state index is -3.66. The van der Waals surface area contributed by atoms with Crippen molar-refractivity contribution < 1.29 is 13.2 Å². The molecule has 0 aliphatic carbocycles. The van der Waals surface area contributed by atoms with Gasteiger partial charge < -0.3 is 4.74 Å². The Hall–Kier alpha value is -1.50. The summed E-state index contributed by atoms with van der Waals surface area (Å²) >= 11 is 1.65. The third kappa shape index (κ3) is 3.73. The lowest BCUT2D eigenvalue weighted by Crippen LogP contribution is -2.11. The molecule has 2 rings (SSSR count). The summed E-state index contributed by atoms with van der Waals surface area (Å²) in [5, 5.41) is 5.02. The number of primary sulfonamides is 1. The smallest absolute Gasteiger partial charge is 0.238 e. The van der Waals surface area contributed by atoms with E-state index in [4.69, 9.17) is 9.88 Å². The number of hydrogen-bond acceptors (Lipinski definition) is 4. The van der Waals surface area contributed by atoms with Crippen LogP contribution in [-0.4, -0.2) is 14.7 Å². The van der Waals surface area contributed by atoms with Gasteiger partial charge in [-0.05, 0) is 54.8 Å². The molecule has 0 unspecified atom stereocenters. The normalized spacial score (nSPS) is 11.3. The van der Waals surface area contributed by atoms with Gasteiger partial charge >= 0.3 is 0 Å². The molecule has 0 bridgehead atoms. The van der Waals surface area contributed by atoms with Gasteiger partial charge in [0.05, 0.1) is 4.90 Å². The molecule has 0 amide bonds. The zero-order valence-corrected chi connectivity index (χ0v) is 11.9. The van der Waals surface area contributed by atoms with Gasteiger partial charge in [-0.3, -0.25) is 0 Å². The zero-order chi connectivity index (χ0) is 13.9. The van der Waals surface area contributed by atoms with E-state index in [2.05, 4.69) is 0 Å². The van der Waals surface area contributed by atoms with Gasteiger partial charge in [-0.15, -0.1) is 11.8 Å². The fraction of sp³-hybridized carbons (Fsp3) is 0.0769. The highest BCUT2D eigenvalue weighted by Gasteiger charge is 2.07. The van der Waals surface area contributed by atoms with Gasteiger partial charge in [-0.1, -0.05) is 0 Å². The summed E-state index contributed by atoms with van der Waals surface area (Å²) in [5.41, 5.74) is 0. The number of nitrogens with two attached hydrogens (primary N) is 1. The largest absolute Gasteiger partial charge is 0.457 e. The van der Waals surface area contributed by atoms with Gasteiger partial charge in [0.15, 0.2) is 0 Å². The van der Waals surface area contributed by atoms with E-state index in [9.17, 15) is 8.42 Å². The number of benzene rings is 2. The van der Waals surface area contributed by atoms with Crippen LogP contribution >= 0.6 is 11.8 Å². The molecule has 2 aromatic carbocycles. The van der Waals surface area contributed by atoms with Gasteiger partial charge in [0.1, 0.15) is 11.5 Å². The molecule has 0 saturated carbocycles. The van der Waals surface area contributed by atoms with Crippen LogP contribution in [0.15, 0.2) is 58.3 Å². The molecule has 0 atom stereocenters. The topological polar surface area (TPSA) is 69.4 Å². The van der Waals surface area contributed by atoms with Crippen LogP contribution in [0.4, 0.5) is 0 Å². The SMILES string of the molecule is CSc1ccc(Oc2ccc(S(N)(=O)=O)cc2)cc1. The number of thioether (sulfide) groups is 1. The van der Waals surface area contributed by atoms with Crippen molar-refractivity contribution in [2.45, 2.75) is 9.79 Å². The molecule has 0 aliphatic heterocycles. The second-order valence-corrected chi connectivity index (χ2v) is 6.24. The maximum atomic E-state index is 11.1. The molecular formula is C13H13NO3S2. The van der Waals surface area contributed by atoms with Crippen molar-refractivity contribution in [1.29, 1.82) is 0 Å². The van der Waals surface area contributed by atoms with Gasteiger partial charge in [-0.2, -0.15) is 0 Å². The van der Waals surface area contributed by atoms with Crippen molar-refractivity contribution >= 4 is 21.8 Å². The van der Waals surface area contributed by atoms with Crippen LogP contribution < -0.4 is 9.88 Å². The summed E-state index contributed by atoms with van der Waals surface area (Å²) in [7, 11) is -3.66. The van der Waals surface area contributed by atoms with Crippen molar-refractivity contribution in [1.82, 2.24) is 0 Å². The van der Waals surface area contributed by atoms with Crippen molar-refractivity contribution in [2.75, 3.05) is 6.26 Å². The number of hydrogen-bond donors (Lipinski definition) is 1. The second-order valence-electron chi connectivity index (χ2n) is 3.79. The molecule has 2 N–H and O–H groups in total. The highest BCUT2D eigenvalue weighted by molar-refractivity contribution is 7.98. The van der Waals surface area contributed by atoms with Crippen molar-refractivity contribution in [3.8, 4) is 11.5 Å². The summed E-state index contributed by atoms with van der Waals surface area (Å²) in [5.74, 6) is 1.26. The highest BCUT2D eigenvalue weighted by atomic mass is 32.2. The predicted octanol–water partition coefficient (Wildman–Crippen LogP) is 2.85. The summed E-state index contributed by atoms with van der Waals surface area (Å²) in [6.45, 7) is 0. The molecule has 0 radical (unpaired) electrons. The Morgan fingerprint density at radius 1 is 0.947 bits per heavy atom. The lowest BCUT2D eigenvalue weighted by molar-refractivity contribution is 0.481. The molecule has 19 heavy (non-hydrogen) atoms. The number of rotatable bonds is 4. The third-order valence-electron chi connectivity index (χ3n) is 2.45. The highest BCUT2D eigenvalue weighted by Crippen LogP contribution is 2.24. The quantitative estimate of drug-likeness (QED) is 0.881. The van der Waals surface area contributed by atoms with Crippen molar-refractivity contribution in [3.63, 3.8) is 0 Å². The lowest BCUT2D eigenvalue weighted by atomic mass is 10.3. The lowest BCUT2D eigenvalue weighted by Gasteiger charge is -2.06. The molecule has 6 heteroatoms. The maximum Gasteiger partial charge on any atom is 0.238 e. The molecule has 0 heterocycles. The molecule has 2 aromatic rings. The Labute approximate surface area is 116 Å². The average molecular weight is 295 g/mol. The van der Waals surface area contributed by atoms with Crippen LogP contribution in [0.25, 0.3) is 0 Å². The third-order valence-corrected chi connectivity index (χ3v) is 4.12. The van der Waals surface area contributed by atoms with Crippen LogP contribution in [0.5, 0.6) is 11.5 Å². The zero-order valence-electron chi connectivity index (χ0n) is 10.2. The van der Waals surface area contributed by atoms with Crippen LogP contribution in [0.1, 0.15) is 0 Å². The summed E-state index contributed by atoms with van der Waals surface area (Å²) < 4.78 is 27.8. The summed E-state index contributed by atoms with van der Waals surface area (Å²) in [6.07, 6.45) is 2.00. The standard InChI is InChI=1S/C13H13NO3S2/c1-18-12-6-2-10(3-7-12)17-11-4-8-13(9-5-11)19(14,15)16/h2-9H,1H3,(H2,14,15,16).